The first-order valence-electron chi connectivity index (χ1n) is 4.64. The van der Waals surface area contributed by atoms with E-state index in [0.717, 1.165) is 21.3 Å². The Morgan fingerprint density at radius 3 is 2.73 bits per heavy atom. The molecule has 15 heavy (non-hydrogen) atoms. The van der Waals surface area contributed by atoms with Gasteiger partial charge >= 0.3 is 0 Å². The average molecular weight is 239 g/mol. The predicted octanol–water partition coefficient (Wildman–Crippen LogP) is 4.06. The average Bonchev–Trinajstić information content (AvgIpc) is 2.68. The van der Waals surface area contributed by atoms with Crippen LogP contribution >= 0.6 is 23.1 Å². The molecule has 1 nitrogen and oxygen atoms in total. The number of rotatable bonds is 3. The first-order valence-corrected chi connectivity index (χ1v) is 6.50. The summed E-state index contributed by atoms with van der Waals surface area (Å²) in [6, 6.07) is 6.43. The van der Waals surface area contributed by atoms with Gasteiger partial charge in [0.25, 0.3) is 0 Å². The summed E-state index contributed by atoms with van der Waals surface area (Å²) in [5.74, 6) is 0.813. The highest BCUT2D eigenvalue weighted by atomic mass is 32.2. The van der Waals surface area contributed by atoms with E-state index in [0.29, 0.717) is 0 Å². The number of hydrogen-bond acceptors (Lipinski definition) is 3. The summed E-state index contributed by atoms with van der Waals surface area (Å²) in [5.41, 5.74) is 1.89. The van der Waals surface area contributed by atoms with Crippen molar-refractivity contribution in [2.75, 3.05) is 5.75 Å². The zero-order chi connectivity index (χ0) is 10.7. The van der Waals surface area contributed by atoms with Gasteiger partial charge in [0.2, 0.25) is 0 Å². The predicted molar refractivity (Wildman–Crippen MR) is 63.9 cm³/mol. The SMILES string of the molecule is CCSc1nc(-c2ccc(F)cc2)cs1. The Kier molecular flexibility index (Phi) is 3.38. The molecule has 0 spiro atoms. The Labute approximate surface area is 96.4 Å². The third-order valence-electron chi connectivity index (χ3n) is 1.89. The van der Waals surface area contributed by atoms with Crippen LogP contribution in [0.5, 0.6) is 0 Å². The number of nitrogens with zero attached hydrogens (tertiary/aromatic N) is 1. The van der Waals surface area contributed by atoms with Crippen molar-refractivity contribution in [3.8, 4) is 11.3 Å². The van der Waals surface area contributed by atoms with Crippen LogP contribution in [0.1, 0.15) is 6.92 Å². The lowest BCUT2D eigenvalue weighted by atomic mass is 10.2. The van der Waals surface area contributed by atoms with Crippen molar-refractivity contribution >= 4 is 23.1 Å². The smallest absolute Gasteiger partial charge is 0.150 e. The molecule has 1 heterocycles. The van der Waals surface area contributed by atoms with Gasteiger partial charge in [-0.05, 0) is 30.0 Å². The first-order chi connectivity index (χ1) is 7.29. The zero-order valence-corrected chi connectivity index (χ0v) is 9.87. The minimum atomic E-state index is -0.211. The van der Waals surface area contributed by atoms with E-state index in [-0.39, 0.29) is 5.82 Å². The molecular formula is C11H10FNS2. The maximum atomic E-state index is 12.7. The number of benzene rings is 1. The van der Waals surface area contributed by atoms with Gasteiger partial charge < -0.3 is 0 Å². The van der Waals surface area contributed by atoms with Gasteiger partial charge in [-0.3, -0.25) is 0 Å². The molecule has 0 amide bonds. The number of aromatic nitrogens is 1. The standard InChI is InChI=1S/C11H10FNS2/c1-2-14-11-13-10(7-15-11)8-3-5-9(12)6-4-8/h3-7H,2H2,1H3. The summed E-state index contributed by atoms with van der Waals surface area (Å²) in [4.78, 5) is 4.46. The first kappa shape index (κ1) is 10.6. The van der Waals surface area contributed by atoms with Gasteiger partial charge in [0, 0.05) is 10.9 Å². The highest BCUT2D eigenvalue weighted by molar-refractivity contribution is 8.00. The Hall–Kier alpha value is -0.870. The van der Waals surface area contributed by atoms with E-state index in [1.54, 1.807) is 35.2 Å². The van der Waals surface area contributed by atoms with Crippen LogP contribution in [0.2, 0.25) is 0 Å². The van der Waals surface area contributed by atoms with Gasteiger partial charge in [0.05, 0.1) is 5.69 Å². The largest absolute Gasteiger partial charge is 0.230 e. The number of thioether (sulfide) groups is 1. The van der Waals surface area contributed by atoms with Crippen LogP contribution in [0.15, 0.2) is 34.0 Å². The highest BCUT2D eigenvalue weighted by Crippen LogP contribution is 2.27. The Morgan fingerprint density at radius 1 is 1.33 bits per heavy atom. The molecule has 0 saturated heterocycles. The zero-order valence-electron chi connectivity index (χ0n) is 8.24. The Bertz CT molecular complexity index is 436. The molecular weight excluding hydrogens is 229 g/mol. The van der Waals surface area contributed by atoms with Crippen molar-refractivity contribution in [1.29, 1.82) is 0 Å². The minimum Gasteiger partial charge on any atom is -0.230 e. The van der Waals surface area contributed by atoms with Crippen LogP contribution in [-0.2, 0) is 0 Å². The topological polar surface area (TPSA) is 12.9 Å². The van der Waals surface area contributed by atoms with Gasteiger partial charge in [-0.1, -0.05) is 18.7 Å². The van der Waals surface area contributed by atoms with Gasteiger partial charge in [-0.25, -0.2) is 9.37 Å². The minimum absolute atomic E-state index is 0.211. The molecule has 78 valence electrons. The van der Waals surface area contributed by atoms with Crippen molar-refractivity contribution in [3.63, 3.8) is 0 Å². The summed E-state index contributed by atoms with van der Waals surface area (Å²) in [6.07, 6.45) is 0. The summed E-state index contributed by atoms with van der Waals surface area (Å²) in [7, 11) is 0. The summed E-state index contributed by atoms with van der Waals surface area (Å²) in [6.45, 7) is 2.10. The molecule has 0 unspecified atom stereocenters. The van der Waals surface area contributed by atoms with Crippen molar-refractivity contribution in [3.05, 3.63) is 35.5 Å². The van der Waals surface area contributed by atoms with E-state index < -0.39 is 0 Å². The lowest BCUT2D eigenvalue weighted by molar-refractivity contribution is 0.628. The molecule has 4 heteroatoms. The van der Waals surface area contributed by atoms with Gasteiger partial charge in [-0.15, -0.1) is 11.3 Å². The molecule has 0 bridgehead atoms. The lowest BCUT2D eigenvalue weighted by Gasteiger charge is -1.95. The number of hydrogen-bond donors (Lipinski definition) is 0. The van der Waals surface area contributed by atoms with Crippen LogP contribution in [0, 0.1) is 5.82 Å². The lowest BCUT2D eigenvalue weighted by Crippen LogP contribution is -1.79. The van der Waals surface area contributed by atoms with Crippen LogP contribution in [0.3, 0.4) is 0 Å². The molecule has 0 N–H and O–H groups in total. The van der Waals surface area contributed by atoms with Gasteiger partial charge in [0.15, 0.2) is 4.34 Å². The maximum Gasteiger partial charge on any atom is 0.150 e. The molecule has 0 aliphatic carbocycles. The molecule has 1 aromatic carbocycles. The normalized spacial score (nSPS) is 10.5. The van der Waals surface area contributed by atoms with Crippen LogP contribution in [0.4, 0.5) is 4.39 Å². The molecule has 0 aliphatic rings. The number of thiazole rings is 1. The second-order valence-electron chi connectivity index (χ2n) is 2.94. The molecule has 0 atom stereocenters. The summed E-state index contributed by atoms with van der Waals surface area (Å²) in [5, 5.41) is 2.01. The fourth-order valence-electron chi connectivity index (χ4n) is 1.20. The summed E-state index contributed by atoms with van der Waals surface area (Å²) >= 11 is 3.36. The van der Waals surface area contributed by atoms with Crippen LogP contribution in [0.25, 0.3) is 11.3 Å². The number of halogens is 1. The van der Waals surface area contributed by atoms with Crippen LogP contribution < -0.4 is 0 Å². The monoisotopic (exact) mass is 239 g/mol. The molecule has 0 radical (unpaired) electrons. The van der Waals surface area contributed by atoms with Gasteiger partial charge in [-0.2, -0.15) is 0 Å². The molecule has 0 fully saturated rings. The van der Waals surface area contributed by atoms with Gasteiger partial charge in [0.1, 0.15) is 5.82 Å². The third kappa shape index (κ3) is 2.58. The highest BCUT2D eigenvalue weighted by Gasteiger charge is 2.04. The quantitative estimate of drug-likeness (QED) is 0.749. The van der Waals surface area contributed by atoms with Crippen molar-refractivity contribution < 1.29 is 4.39 Å². The van der Waals surface area contributed by atoms with E-state index in [1.807, 2.05) is 5.38 Å². The Balaban J connectivity index is 2.25. The fourth-order valence-corrected chi connectivity index (χ4v) is 2.93. The van der Waals surface area contributed by atoms with E-state index in [1.165, 1.54) is 12.1 Å². The van der Waals surface area contributed by atoms with E-state index in [4.69, 9.17) is 0 Å². The van der Waals surface area contributed by atoms with E-state index in [2.05, 4.69) is 11.9 Å². The van der Waals surface area contributed by atoms with Crippen LogP contribution in [-0.4, -0.2) is 10.7 Å². The second kappa shape index (κ2) is 4.77. The molecule has 1 aromatic heterocycles. The Morgan fingerprint density at radius 2 is 2.07 bits per heavy atom. The molecule has 2 aromatic rings. The third-order valence-corrected chi connectivity index (χ3v) is 3.79. The van der Waals surface area contributed by atoms with Crippen molar-refractivity contribution in [2.45, 2.75) is 11.3 Å². The molecule has 0 saturated carbocycles. The second-order valence-corrected chi connectivity index (χ2v) is 5.31. The summed E-state index contributed by atoms with van der Waals surface area (Å²) < 4.78 is 13.8. The van der Waals surface area contributed by atoms with Crippen molar-refractivity contribution in [2.24, 2.45) is 0 Å². The molecule has 0 aliphatic heterocycles. The van der Waals surface area contributed by atoms with E-state index in [9.17, 15) is 4.39 Å². The van der Waals surface area contributed by atoms with Crippen molar-refractivity contribution in [1.82, 2.24) is 4.98 Å². The maximum absolute atomic E-state index is 12.7. The fraction of sp³-hybridized carbons (Fsp3) is 0.182. The molecule has 2 rings (SSSR count). The van der Waals surface area contributed by atoms with E-state index >= 15 is 0 Å².